The fourth-order valence-electron chi connectivity index (χ4n) is 1.93. The van der Waals surface area contributed by atoms with E-state index in [0.717, 1.165) is 5.56 Å². The van der Waals surface area contributed by atoms with Gasteiger partial charge in [0.25, 0.3) is 0 Å². The van der Waals surface area contributed by atoms with Crippen LogP contribution in [0.2, 0.25) is 0 Å². The van der Waals surface area contributed by atoms with Crippen molar-refractivity contribution in [3.8, 4) is 5.75 Å². The minimum atomic E-state index is -1.09. The van der Waals surface area contributed by atoms with Gasteiger partial charge in [-0.1, -0.05) is 18.2 Å². The Morgan fingerprint density at radius 1 is 1.47 bits per heavy atom. The Morgan fingerprint density at radius 2 is 2.18 bits per heavy atom. The van der Waals surface area contributed by atoms with Crippen molar-refractivity contribution in [1.82, 2.24) is 5.32 Å². The van der Waals surface area contributed by atoms with Crippen LogP contribution >= 0.6 is 0 Å². The Labute approximate surface area is 98.4 Å². The smallest absolute Gasteiger partial charge is 0.330 e. The number of aliphatic carboxylic acids is 1. The predicted octanol–water partition coefficient (Wildman–Crippen LogP) is 0.579. The maximum atomic E-state index is 11.1. The highest BCUT2D eigenvalue weighted by atomic mass is 16.5. The fourth-order valence-corrected chi connectivity index (χ4v) is 1.93. The summed E-state index contributed by atoms with van der Waals surface area (Å²) in [5, 5.41) is 11.5. The highest BCUT2D eigenvalue weighted by Gasteiger charge is 2.35. The summed E-state index contributed by atoms with van der Waals surface area (Å²) < 4.78 is 5.54. The van der Waals surface area contributed by atoms with Gasteiger partial charge < -0.3 is 15.2 Å². The molecule has 1 heterocycles. The molecular formula is C12H13NO4. The Kier molecular flexibility index (Phi) is 2.99. The molecule has 0 bridgehead atoms. The first-order valence-corrected chi connectivity index (χ1v) is 5.32. The van der Waals surface area contributed by atoms with Crippen LogP contribution < -0.4 is 10.1 Å². The first-order chi connectivity index (χ1) is 8.08. The number of carbonyl (C=O) groups excluding carboxylic acids is 1. The molecule has 90 valence electrons. The minimum Gasteiger partial charge on any atom is -0.487 e. The Morgan fingerprint density at radius 3 is 2.76 bits per heavy atom. The maximum Gasteiger partial charge on any atom is 0.330 e. The number of para-hydroxylation sites is 1. The largest absolute Gasteiger partial charge is 0.487 e. The lowest BCUT2D eigenvalue weighted by molar-refractivity contribution is -0.144. The number of nitrogens with one attached hydrogen (secondary N) is 1. The number of amides is 1. The minimum absolute atomic E-state index is 0.378. The Balaban J connectivity index is 2.14. The number of hydrogen-bond donors (Lipinski definition) is 2. The van der Waals surface area contributed by atoms with Crippen molar-refractivity contribution in [3.05, 3.63) is 29.8 Å². The van der Waals surface area contributed by atoms with Crippen molar-refractivity contribution in [2.24, 2.45) is 0 Å². The highest BCUT2D eigenvalue weighted by Crippen LogP contribution is 2.29. The molecule has 1 aliphatic heterocycles. The summed E-state index contributed by atoms with van der Waals surface area (Å²) in [7, 11) is 0. The lowest BCUT2D eigenvalue weighted by atomic mass is 10.0. The second-order valence-electron chi connectivity index (χ2n) is 3.98. The molecule has 5 heteroatoms. The standard InChI is InChI=1S/C12H13NO4/c1-7(14)13-11(12(15)16)10-6-8-4-2-3-5-9(8)17-10/h2-5,10-11H,6H2,1H3,(H,13,14)(H,15,16). The van der Waals surface area contributed by atoms with Gasteiger partial charge in [-0.05, 0) is 11.6 Å². The summed E-state index contributed by atoms with van der Waals surface area (Å²) in [5.74, 6) is -0.774. The summed E-state index contributed by atoms with van der Waals surface area (Å²) in [4.78, 5) is 22.0. The number of carboxylic acid groups (broad SMARTS) is 1. The van der Waals surface area contributed by atoms with Gasteiger partial charge in [0.1, 0.15) is 11.9 Å². The molecule has 0 saturated heterocycles. The van der Waals surface area contributed by atoms with Crippen LogP contribution in [0.4, 0.5) is 0 Å². The van der Waals surface area contributed by atoms with E-state index < -0.39 is 18.1 Å². The topological polar surface area (TPSA) is 75.6 Å². The monoisotopic (exact) mass is 235 g/mol. The second kappa shape index (κ2) is 4.45. The van der Waals surface area contributed by atoms with Gasteiger partial charge in [0.15, 0.2) is 6.04 Å². The maximum absolute atomic E-state index is 11.1. The third-order valence-electron chi connectivity index (χ3n) is 2.67. The second-order valence-corrected chi connectivity index (χ2v) is 3.98. The van der Waals surface area contributed by atoms with E-state index in [2.05, 4.69) is 5.32 Å². The SMILES string of the molecule is CC(=O)NC(C(=O)O)C1Cc2ccccc2O1. The van der Waals surface area contributed by atoms with E-state index in [0.29, 0.717) is 12.2 Å². The average molecular weight is 235 g/mol. The van der Waals surface area contributed by atoms with Crippen LogP contribution in [0.25, 0.3) is 0 Å². The number of rotatable bonds is 3. The predicted molar refractivity (Wildman–Crippen MR) is 59.8 cm³/mol. The molecule has 0 spiro atoms. The van der Waals surface area contributed by atoms with Crippen LogP contribution in [-0.2, 0) is 16.0 Å². The van der Waals surface area contributed by atoms with Crippen molar-refractivity contribution >= 4 is 11.9 Å². The van der Waals surface area contributed by atoms with E-state index >= 15 is 0 Å². The molecule has 2 unspecified atom stereocenters. The van der Waals surface area contributed by atoms with Crippen LogP contribution in [0, 0.1) is 0 Å². The fraction of sp³-hybridized carbons (Fsp3) is 0.333. The van der Waals surface area contributed by atoms with Crippen LogP contribution in [0.3, 0.4) is 0 Å². The lowest BCUT2D eigenvalue weighted by Crippen LogP contribution is -2.49. The number of hydrogen-bond acceptors (Lipinski definition) is 3. The molecule has 0 radical (unpaired) electrons. The lowest BCUT2D eigenvalue weighted by Gasteiger charge is -2.19. The van der Waals surface area contributed by atoms with E-state index in [1.807, 2.05) is 18.2 Å². The van der Waals surface area contributed by atoms with Gasteiger partial charge in [-0.25, -0.2) is 4.79 Å². The number of ether oxygens (including phenoxy) is 1. The summed E-state index contributed by atoms with van der Waals surface area (Å²) in [5.41, 5.74) is 0.967. The van der Waals surface area contributed by atoms with Gasteiger partial charge in [0.2, 0.25) is 5.91 Å². The van der Waals surface area contributed by atoms with Gasteiger partial charge in [0, 0.05) is 13.3 Å². The molecule has 2 atom stereocenters. The first-order valence-electron chi connectivity index (χ1n) is 5.32. The molecule has 0 aromatic heterocycles. The van der Waals surface area contributed by atoms with Gasteiger partial charge in [-0.2, -0.15) is 0 Å². The van der Waals surface area contributed by atoms with E-state index in [1.54, 1.807) is 6.07 Å². The molecule has 1 aromatic carbocycles. The van der Waals surface area contributed by atoms with E-state index in [1.165, 1.54) is 6.92 Å². The third-order valence-corrected chi connectivity index (χ3v) is 2.67. The average Bonchev–Trinajstić information content (AvgIpc) is 2.68. The summed E-state index contributed by atoms with van der Waals surface area (Å²) in [6.07, 6.45) is -0.0539. The number of benzene rings is 1. The van der Waals surface area contributed by atoms with Gasteiger partial charge in [-0.3, -0.25) is 4.79 Å². The van der Waals surface area contributed by atoms with E-state index in [-0.39, 0.29) is 5.91 Å². The molecule has 1 aromatic rings. The molecule has 2 rings (SSSR count). The molecule has 0 saturated carbocycles. The molecule has 5 nitrogen and oxygen atoms in total. The number of fused-ring (bicyclic) bond motifs is 1. The number of carbonyl (C=O) groups is 2. The van der Waals surface area contributed by atoms with Crippen molar-refractivity contribution < 1.29 is 19.4 Å². The van der Waals surface area contributed by atoms with Crippen LogP contribution in [0.15, 0.2) is 24.3 Å². The summed E-state index contributed by atoms with van der Waals surface area (Å²) in [6.45, 7) is 1.29. The van der Waals surface area contributed by atoms with Gasteiger partial charge in [-0.15, -0.1) is 0 Å². The van der Waals surface area contributed by atoms with Gasteiger partial charge in [0.05, 0.1) is 0 Å². The Hall–Kier alpha value is -2.04. The molecular weight excluding hydrogens is 222 g/mol. The van der Waals surface area contributed by atoms with Crippen molar-refractivity contribution in [3.63, 3.8) is 0 Å². The summed E-state index contributed by atoms with van der Waals surface area (Å²) >= 11 is 0. The third kappa shape index (κ3) is 2.38. The quantitative estimate of drug-likeness (QED) is 0.803. The molecule has 17 heavy (non-hydrogen) atoms. The zero-order valence-electron chi connectivity index (χ0n) is 9.34. The zero-order valence-corrected chi connectivity index (χ0v) is 9.34. The van der Waals surface area contributed by atoms with Gasteiger partial charge >= 0.3 is 5.97 Å². The molecule has 1 amide bonds. The summed E-state index contributed by atoms with van der Waals surface area (Å²) in [6, 6.07) is 6.37. The van der Waals surface area contributed by atoms with Crippen molar-refractivity contribution in [1.29, 1.82) is 0 Å². The van der Waals surface area contributed by atoms with Crippen LogP contribution in [-0.4, -0.2) is 29.1 Å². The van der Waals surface area contributed by atoms with Crippen molar-refractivity contribution in [2.45, 2.75) is 25.5 Å². The van der Waals surface area contributed by atoms with E-state index in [4.69, 9.17) is 9.84 Å². The zero-order chi connectivity index (χ0) is 12.4. The van der Waals surface area contributed by atoms with E-state index in [9.17, 15) is 9.59 Å². The molecule has 2 N–H and O–H groups in total. The Bertz CT molecular complexity index is 433. The molecule has 0 aliphatic carbocycles. The normalized spacial score (nSPS) is 19.0. The van der Waals surface area contributed by atoms with Crippen LogP contribution in [0.1, 0.15) is 12.5 Å². The molecule has 0 fully saturated rings. The highest BCUT2D eigenvalue weighted by molar-refractivity contribution is 5.82. The first kappa shape index (κ1) is 11.4. The number of carboxylic acids is 1. The molecule has 1 aliphatic rings. The van der Waals surface area contributed by atoms with Crippen LogP contribution in [0.5, 0.6) is 5.75 Å². The van der Waals surface area contributed by atoms with Crippen molar-refractivity contribution in [2.75, 3.05) is 0 Å².